The zero-order chi connectivity index (χ0) is 23.5. The van der Waals surface area contributed by atoms with Crippen molar-refractivity contribution in [3.8, 4) is 0 Å². The highest BCUT2D eigenvalue weighted by Gasteiger charge is 2.21. The van der Waals surface area contributed by atoms with Gasteiger partial charge in [-0.2, -0.15) is 0 Å². The van der Waals surface area contributed by atoms with Crippen LogP contribution in [0.2, 0.25) is 0 Å². The maximum Gasteiger partial charge on any atom is 0.535 e. The minimum atomic E-state index is -1.11. The summed E-state index contributed by atoms with van der Waals surface area (Å²) in [5, 5.41) is 7.54. The molecule has 1 heterocycles. The number of thiazole rings is 1. The molecule has 0 bridgehead atoms. The van der Waals surface area contributed by atoms with Gasteiger partial charge in [-0.15, -0.1) is 11.3 Å². The summed E-state index contributed by atoms with van der Waals surface area (Å²) in [6, 6.07) is 18.1. The van der Waals surface area contributed by atoms with Crippen LogP contribution in [0.4, 0.5) is 14.7 Å². The molecule has 11 heteroatoms. The maximum atomic E-state index is 12.1. The molecule has 0 aliphatic rings. The lowest BCUT2D eigenvalue weighted by Crippen LogP contribution is -2.19. The van der Waals surface area contributed by atoms with E-state index in [-0.39, 0.29) is 29.8 Å². The van der Waals surface area contributed by atoms with E-state index in [4.69, 9.17) is 9.47 Å². The predicted octanol–water partition coefficient (Wildman–Crippen LogP) is 4.12. The summed E-state index contributed by atoms with van der Waals surface area (Å²) in [4.78, 5) is 44.6. The molecule has 3 aromatic rings. The number of esters is 1. The first-order chi connectivity index (χ1) is 16.0. The third-order valence-electron chi connectivity index (χ3n) is 3.96. The van der Waals surface area contributed by atoms with Gasteiger partial charge in [0.05, 0.1) is 7.11 Å². The van der Waals surface area contributed by atoms with E-state index < -0.39 is 18.2 Å². The summed E-state index contributed by atoms with van der Waals surface area (Å²) in [6.07, 6.45) is -1.84. The molecule has 0 radical (unpaired) electrons. The van der Waals surface area contributed by atoms with Gasteiger partial charge in [-0.25, -0.2) is 19.4 Å². The van der Waals surface area contributed by atoms with Crippen molar-refractivity contribution in [1.82, 2.24) is 4.98 Å². The highest BCUT2D eigenvalue weighted by Crippen LogP contribution is 2.17. The second-order valence-electron chi connectivity index (χ2n) is 6.27. The average molecular weight is 469 g/mol. The van der Waals surface area contributed by atoms with Gasteiger partial charge in [-0.05, 0) is 11.1 Å². The Bertz CT molecular complexity index is 1120. The summed E-state index contributed by atoms with van der Waals surface area (Å²) in [6.45, 7) is 0.0529. The molecule has 2 aromatic carbocycles. The fourth-order valence-corrected chi connectivity index (χ4v) is 3.08. The standard InChI is InChI=1S/C22H19N3O7S/c1-29-19(26)18(25-32-22(28)31-13-16-10-6-3-7-11-16)17-14-33-20(23-17)24-21(27)30-12-15-8-4-2-5-9-15/h2-11,14H,12-13H2,1H3,(H,23,24,27). The van der Waals surface area contributed by atoms with Gasteiger partial charge in [0.25, 0.3) is 0 Å². The second-order valence-corrected chi connectivity index (χ2v) is 7.13. The number of aromatic nitrogens is 1. The third kappa shape index (κ3) is 7.43. The topological polar surface area (TPSA) is 125 Å². The monoisotopic (exact) mass is 469 g/mol. The van der Waals surface area contributed by atoms with Crippen molar-refractivity contribution >= 4 is 40.4 Å². The van der Waals surface area contributed by atoms with Crippen molar-refractivity contribution in [2.75, 3.05) is 12.4 Å². The average Bonchev–Trinajstić information content (AvgIpc) is 3.30. The summed E-state index contributed by atoms with van der Waals surface area (Å²) >= 11 is 1.01. The minimum absolute atomic E-state index is 0.0288. The van der Waals surface area contributed by atoms with Crippen LogP contribution in [0.25, 0.3) is 0 Å². The highest BCUT2D eigenvalue weighted by molar-refractivity contribution is 7.14. The molecular formula is C22H19N3O7S. The Morgan fingerprint density at radius 1 is 0.939 bits per heavy atom. The van der Waals surface area contributed by atoms with Gasteiger partial charge in [-0.3, -0.25) is 10.2 Å². The van der Waals surface area contributed by atoms with Crippen LogP contribution in [0.5, 0.6) is 0 Å². The molecule has 0 saturated carbocycles. The van der Waals surface area contributed by atoms with E-state index in [1.165, 1.54) is 5.38 Å². The van der Waals surface area contributed by atoms with Crippen molar-refractivity contribution in [1.29, 1.82) is 0 Å². The molecule has 0 aliphatic carbocycles. The minimum Gasteiger partial charge on any atom is -0.464 e. The van der Waals surface area contributed by atoms with E-state index >= 15 is 0 Å². The molecule has 10 nitrogen and oxygen atoms in total. The maximum absolute atomic E-state index is 12.1. The van der Waals surface area contributed by atoms with Crippen molar-refractivity contribution in [3.63, 3.8) is 0 Å². The molecule has 33 heavy (non-hydrogen) atoms. The van der Waals surface area contributed by atoms with Crippen LogP contribution in [0.15, 0.2) is 71.2 Å². The molecule has 0 saturated heterocycles. The number of carbonyl (C=O) groups is 3. The molecular weight excluding hydrogens is 450 g/mol. The van der Waals surface area contributed by atoms with Gasteiger partial charge < -0.3 is 14.2 Å². The predicted molar refractivity (Wildman–Crippen MR) is 119 cm³/mol. The molecule has 0 spiro atoms. The summed E-state index contributed by atoms with van der Waals surface area (Å²) in [7, 11) is 1.14. The molecule has 0 fully saturated rings. The normalized spacial score (nSPS) is 10.8. The largest absolute Gasteiger partial charge is 0.535 e. The lowest BCUT2D eigenvalue weighted by molar-refractivity contribution is -0.132. The second kappa shape index (κ2) is 12.0. The van der Waals surface area contributed by atoms with Crippen molar-refractivity contribution < 1.29 is 33.4 Å². The van der Waals surface area contributed by atoms with Crippen LogP contribution in [-0.2, 0) is 37.1 Å². The Kier molecular flexibility index (Phi) is 8.48. The first-order valence-corrected chi connectivity index (χ1v) is 10.4. The van der Waals surface area contributed by atoms with E-state index in [2.05, 4.69) is 25.0 Å². The first-order valence-electron chi connectivity index (χ1n) is 9.52. The van der Waals surface area contributed by atoms with E-state index in [1.54, 1.807) is 24.3 Å². The first kappa shape index (κ1) is 23.4. The van der Waals surface area contributed by atoms with Gasteiger partial charge >= 0.3 is 18.2 Å². The molecule has 1 N–H and O–H groups in total. The van der Waals surface area contributed by atoms with E-state index in [9.17, 15) is 14.4 Å². The molecule has 0 atom stereocenters. The molecule has 1 aromatic heterocycles. The van der Waals surface area contributed by atoms with E-state index in [0.717, 1.165) is 29.6 Å². The van der Waals surface area contributed by atoms with Crippen molar-refractivity contribution in [2.45, 2.75) is 13.2 Å². The Hall–Kier alpha value is -4.25. The number of nitrogens with zero attached hydrogens (tertiary/aromatic N) is 2. The van der Waals surface area contributed by atoms with Crippen molar-refractivity contribution in [3.05, 3.63) is 82.9 Å². The number of oxime groups is 1. The molecule has 170 valence electrons. The molecule has 1 amide bonds. The molecule has 3 rings (SSSR count). The number of carbonyl (C=O) groups excluding carboxylic acids is 3. The number of methoxy groups -OCH3 is 1. The summed E-state index contributed by atoms with van der Waals surface area (Å²) in [5.74, 6) is -0.894. The van der Waals surface area contributed by atoms with E-state index in [1.807, 2.05) is 36.4 Å². The van der Waals surface area contributed by atoms with Gasteiger partial charge in [-0.1, -0.05) is 65.8 Å². The molecule has 0 unspecified atom stereocenters. The van der Waals surface area contributed by atoms with Gasteiger partial charge in [0, 0.05) is 5.38 Å². The van der Waals surface area contributed by atoms with Crippen LogP contribution in [-0.4, -0.2) is 36.0 Å². The lowest BCUT2D eigenvalue weighted by atomic mass is 10.2. The fourth-order valence-electron chi connectivity index (χ4n) is 2.40. The summed E-state index contributed by atoms with van der Waals surface area (Å²) in [5.41, 5.74) is 1.22. The van der Waals surface area contributed by atoms with Crippen LogP contribution in [0.1, 0.15) is 16.8 Å². The van der Waals surface area contributed by atoms with Gasteiger partial charge in [0.1, 0.15) is 18.9 Å². The zero-order valence-electron chi connectivity index (χ0n) is 17.4. The number of amides is 1. The van der Waals surface area contributed by atoms with Gasteiger partial charge in [0.2, 0.25) is 5.71 Å². The number of nitrogens with one attached hydrogen (secondary N) is 1. The van der Waals surface area contributed by atoms with Crippen LogP contribution < -0.4 is 5.32 Å². The highest BCUT2D eigenvalue weighted by atomic mass is 32.1. The van der Waals surface area contributed by atoms with Gasteiger partial charge in [0.15, 0.2) is 5.13 Å². The zero-order valence-corrected chi connectivity index (χ0v) is 18.2. The number of rotatable bonds is 8. The van der Waals surface area contributed by atoms with Crippen LogP contribution >= 0.6 is 11.3 Å². The van der Waals surface area contributed by atoms with E-state index in [0.29, 0.717) is 0 Å². The number of benzene rings is 2. The smallest absolute Gasteiger partial charge is 0.464 e. The summed E-state index contributed by atoms with van der Waals surface area (Å²) < 4.78 is 14.7. The molecule has 0 aliphatic heterocycles. The third-order valence-corrected chi connectivity index (χ3v) is 4.72. The number of hydrogen-bond donors (Lipinski definition) is 1. The lowest BCUT2D eigenvalue weighted by Gasteiger charge is -2.05. The quantitative estimate of drug-likeness (QED) is 0.172. The Morgan fingerprint density at radius 2 is 1.55 bits per heavy atom. The number of ether oxygens (including phenoxy) is 3. The van der Waals surface area contributed by atoms with Crippen LogP contribution in [0, 0.1) is 0 Å². The number of anilines is 1. The number of hydrogen-bond acceptors (Lipinski definition) is 10. The fraction of sp³-hybridized carbons (Fsp3) is 0.136. The SMILES string of the molecule is COC(=O)C(=NOC(=O)OCc1ccccc1)c1csc(NC(=O)OCc2ccccc2)n1. The Balaban J connectivity index is 1.57. The Morgan fingerprint density at radius 3 is 2.15 bits per heavy atom. The van der Waals surface area contributed by atoms with Crippen LogP contribution in [0.3, 0.4) is 0 Å². The van der Waals surface area contributed by atoms with Crippen molar-refractivity contribution in [2.24, 2.45) is 5.16 Å². The Labute approximate surface area is 192 Å².